The largest absolute Gasteiger partial charge is 0.573 e. The maximum atomic E-state index is 12.6. The molecule has 0 bridgehead atoms. The number of benzene rings is 1. The van der Waals surface area contributed by atoms with Gasteiger partial charge in [0.15, 0.2) is 9.60 Å². The summed E-state index contributed by atoms with van der Waals surface area (Å²) < 4.78 is 44.4. The van der Waals surface area contributed by atoms with Crippen LogP contribution in [-0.2, 0) is 13.1 Å². The molecule has 3 rings (SSSR count). The number of thiazole rings is 1. The summed E-state index contributed by atoms with van der Waals surface area (Å²) >= 11 is 6.42. The third-order valence-corrected chi connectivity index (χ3v) is 4.89. The molecule has 0 spiro atoms. The van der Waals surface area contributed by atoms with Crippen LogP contribution in [0.2, 0.25) is 0 Å². The maximum absolute atomic E-state index is 12.6. The van der Waals surface area contributed by atoms with Crippen LogP contribution in [-0.4, -0.2) is 20.5 Å². The molecular formula is C16H12F3N3O2S2. The predicted octanol–water partition coefficient (Wildman–Crippen LogP) is 4.12. The number of hydrogen-bond donors (Lipinski definition) is 0. The van der Waals surface area contributed by atoms with Gasteiger partial charge in [-0.05, 0) is 29.9 Å². The molecule has 5 nitrogen and oxygen atoms in total. The van der Waals surface area contributed by atoms with E-state index in [2.05, 4.69) is 16.3 Å². The quantitative estimate of drug-likeness (QED) is 0.478. The van der Waals surface area contributed by atoms with Crippen LogP contribution in [0, 0.1) is 3.95 Å². The molecule has 136 valence electrons. The van der Waals surface area contributed by atoms with Crippen LogP contribution in [0.15, 0.2) is 48.0 Å². The Hall–Kier alpha value is -2.46. The fourth-order valence-corrected chi connectivity index (χ4v) is 3.68. The van der Waals surface area contributed by atoms with E-state index in [1.165, 1.54) is 46.5 Å². The van der Waals surface area contributed by atoms with Crippen molar-refractivity contribution in [2.75, 3.05) is 0 Å². The van der Waals surface area contributed by atoms with Gasteiger partial charge < -0.3 is 9.30 Å². The van der Waals surface area contributed by atoms with Gasteiger partial charge in [0.1, 0.15) is 16.8 Å². The first-order chi connectivity index (χ1) is 12.3. The molecule has 0 aliphatic rings. The van der Waals surface area contributed by atoms with Crippen molar-refractivity contribution in [3.63, 3.8) is 0 Å². The zero-order valence-electron chi connectivity index (χ0n) is 13.2. The molecule has 26 heavy (non-hydrogen) atoms. The summed E-state index contributed by atoms with van der Waals surface area (Å²) in [5.41, 5.74) is 0.872. The van der Waals surface area contributed by atoms with E-state index >= 15 is 0 Å². The minimum atomic E-state index is -4.74. The van der Waals surface area contributed by atoms with E-state index in [0.29, 0.717) is 26.4 Å². The fourth-order valence-electron chi connectivity index (χ4n) is 2.37. The number of hydrogen-bond acceptors (Lipinski definition) is 5. The molecule has 0 saturated carbocycles. The van der Waals surface area contributed by atoms with Crippen molar-refractivity contribution in [2.45, 2.75) is 19.5 Å². The summed E-state index contributed by atoms with van der Waals surface area (Å²) in [6, 6.07) is 5.32. The number of nitrogens with zero attached hydrogens (tertiary/aromatic N) is 3. The van der Waals surface area contributed by atoms with Crippen LogP contribution in [0.25, 0.3) is 10.3 Å². The lowest BCUT2D eigenvalue weighted by Gasteiger charge is -2.10. The Morgan fingerprint density at radius 3 is 2.62 bits per heavy atom. The third kappa shape index (κ3) is 3.86. The predicted molar refractivity (Wildman–Crippen MR) is 95.1 cm³/mol. The number of rotatable bonds is 5. The van der Waals surface area contributed by atoms with Gasteiger partial charge in [0.2, 0.25) is 0 Å². The van der Waals surface area contributed by atoms with Crippen molar-refractivity contribution >= 4 is 33.9 Å². The SMILES string of the molecule is C=CCn1c(=S)sc2c(=O)n(Cc3ccc(OC(F)(F)F)cc3)cnc21. The third-order valence-electron chi connectivity index (χ3n) is 3.46. The topological polar surface area (TPSA) is 49.0 Å². The normalized spacial score (nSPS) is 11.7. The fraction of sp³-hybridized carbons (Fsp3) is 0.188. The molecule has 3 aromatic rings. The minimum Gasteiger partial charge on any atom is -0.406 e. The zero-order valence-corrected chi connectivity index (χ0v) is 14.8. The molecule has 0 aliphatic carbocycles. The average molecular weight is 399 g/mol. The molecule has 2 aromatic heterocycles. The summed E-state index contributed by atoms with van der Waals surface area (Å²) in [6.07, 6.45) is -1.68. The Balaban J connectivity index is 1.90. The standard InChI is InChI=1S/C16H12F3N3O2S2/c1-2-7-22-13-12(26-15(22)25)14(23)21(9-20-13)8-10-3-5-11(6-4-10)24-16(17,18)19/h2-6,9H,1,7-8H2. The Kier molecular flexibility index (Phi) is 4.97. The molecule has 0 unspecified atom stereocenters. The van der Waals surface area contributed by atoms with Crippen molar-refractivity contribution in [2.24, 2.45) is 0 Å². The van der Waals surface area contributed by atoms with E-state index in [4.69, 9.17) is 12.2 Å². The molecule has 10 heteroatoms. The number of fused-ring (bicyclic) bond motifs is 1. The first-order valence-electron chi connectivity index (χ1n) is 7.33. The van der Waals surface area contributed by atoms with Gasteiger partial charge in [-0.15, -0.1) is 19.8 Å². The lowest BCUT2D eigenvalue weighted by atomic mass is 10.2. The van der Waals surface area contributed by atoms with Crippen LogP contribution in [0.4, 0.5) is 13.2 Å². The second-order valence-electron chi connectivity index (χ2n) is 5.29. The number of halogens is 3. The highest BCUT2D eigenvalue weighted by Crippen LogP contribution is 2.23. The maximum Gasteiger partial charge on any atom is 0.573 e. The van der Waals surface area contributed by atoms with E-state index in [1.54, 1.807) is 10.6 Å². The molecule has 0 aliphatic heterocycles. The number of aromatic nitrogens is 3. The number of alkyl halides is 3. The van der Waals surface area contributed by atoms with Crippen molar-refractivity contribution in [3.05, 3.63) is 63.1 Å². The van der Waals surface area contributed by atoms with Crippen molar-refractivity contribution in [1.82, 2.24) is 14.1 Å². The summed E-state index contributed by atoms with van der Waals surface area (Å²) in [5, 5.41) is 0. The first-order valence-corrected chi connectivity index (χ1v) is 8.55. The van der Waals surface area contributed by atoms with Gasteiger partial charge in [0, 0.05) is 6.54 Å². The van der Waals surface area contributed by atoms with Crippen molar-refractivity contribution < 1.29 is 17.9 Å². The molecule has 0 fully saturated rings. The molecule has 0 amide bonds. The summed E-state index contributed by atoms with van der Waals surface area (Å²) in [7, 11) is 0. The van der Waals surface area contributed by atoms with Gasteiger partial charge in [0.05, 0.1) is 6.54 Å². The number of ether oxygens (including phenoxy) is 1. The molecule has 0 radical (unpaired) electrons. The van der Waals surface area contributed by atoms with Gasteiger partial charge in [-0.2, -0.15) is 0 Å². The lowest BCUT2D eigenvalue weighted by molar-refractivity contribution is -0.274. The van der Waals surface area contributed by atoms with Gasteiger partial charge in [-0.3, -0.25) is 9.36 Å². The molecule has 1 aromatic carbocycles. The van der Waals surface area contributed by atoms with E-state index in [0.717, 1.165) is 0 Å². The van der Waals surface area contributed by atoms with Crippen LogP contribution in [0.3, 0.4) is 0 Å². The van der Waals surface area contributed by atoms with Gasteiger partial charge >= 0.3 is 6.36 Å². The van der Waals surface area contributed by atoms with Crippen LogP contribution in [0.5, 0.6) is 5.75 Å². The molecule has 2 heterocycles. The van der Waals surface area contributed by atoms with E-state index in [-0.39, 0.29) is 17.9 Å². The highest BCUT2D eigenvalue weighted by atomic mass is 32.1. The van der Waals surface area contributed by atoms with Gasteiger partial charge in [-0.25, -0.2) is 4.98 Å². The van der Waals surface area contributed by atoms with Crippen LogP contribution < -0.4 is 10.3 Å². The first kappa shape index (κ1) is 18.3. The Bertz CT molecular complexity index is 1070. The molecular weight excluding hydrogens is 387 g/mol. The summed E-state index contributed by atoms with van der Waals surface area (Å²) in [5.74, 6) is -0.318. The monoisotopic (exact) mass is 399 g/mol. The number of allylic oxidation sites excluding steroid dienone is 1. The second-order valence-corrected chi connectivity index (χ2v) is 6.93. The minimum absolute atomic E-state index is 0.167. The van der Waals surface area contributed by atoms with Crippen molar-refractivity contribution in [1.29, 1.82) is 0 Å². The zero-order chi connectivity index (χ0) is 18.9. The molecule has 0 atom stereocenters. The Morgan fingerprint density at radius 1 is 1.31 bits per heavy atom. The van der Waals surface area contributed by atoms with Gasteiger partial charge in [0.25, 0.3) is 5.56 Å². The Labute approximate surface area is 154 Å². The second kappa shape index (κ2) is 7.04. The van der Waals surface area contributed by atoms with Crippen LogP contribution in [0.1, 0.15) is 5.56 Å². The Morgan fingerprint density at radius 2 is 2.00 bits per heavy atom. The van der Waals surface area contributed by atoms with Crippen LogP contribution >= 0.6 is 23.6 Å². The van der Waals surface area contributed by atoms with Crippen molar-refractivity contribution in [3.8, 4) is 5.75 Å². The van der Waals surface area contributed by atoms with E-state index < -0.39 is 6.36 Å². The van der Waals surface area contributed by atoms with E-state index in [9.17, 15) is 18.0 Å². The summed E-state index contributed by atoms with van der Waals surface area (Å²) in [6.45, 7) is 4.28. The van der Waals surface area contributed by atoms with Gasteiger partial charge in [-0.1, -0.05) is 29.5 Å². The molecule has 0 saturated heterocycles. The molecule has 0 N–H and O–H groups in total. The lowest BCUT2D eigenvalue weighted by Crippen LogP contribution is -2.21. The highest BCUT2D eigenvalue weighted by Gasteiger charge is 2.30. The highest BCUT2D eigenvalue weighted by molar-refractivity contribution is 7.73. The smallest absolute Gasteiger partial charge is 0.406 e. The average Bonchev–Trinajstić information content (AvgIpc) is 2.88. The summed E-state index contributed by atoms with van der Waals surface area (Å²) in [4.78, 5) is 16.9. The van der Waals surface area contributed by atoms with E-state index in [1.807, 2.05) is 0 Å².